The highest BCUT2D eigenvalue weighted by molar-refractivity contribution is 7.86. The average Bonchev–Trinajstić information content (AvgIpc) is 2.74. The Labute approximate surface area is 151 Å². The van der Waals surface area contributed by atoms with Gasteiger partial charge in [0.25, 0.3) is 0 Å². The van der Waals surface area contributed by atoms with E-state index in [1.54, 1.807) is 12.1 Å². The van der Waals surface area contributed by atoms with E-state index in [1.807, 2.05) is 12.1 Å². The van der Waals surface area contributed by atoms with E-state index in [1.165, 1.54) is 6.07 Å². The van der Waals surface area contributed by atoms with Crippen LogP contribution in [0.4, 0.5) is 0 Å². The molecule has 0 amide bonds. The summed E-state index contributed by atoms with van der Waals surface area (Å²) in [4.78, 5) is 0. The molecule has 0 bridgehead atoms. The van der Waals surface area contributed by atoms with Crippen LogP contribution in [0.2, 0.25) is 5.02 Å². The number of hydrogen-bond donors (Lipinski definition) is 3. The molecule has 2 aromatic rings. The monoisotopic (exact) mass is 383 g/mol. The maximum atomic E-state index is 11.4. The van der Waals surface area contributed by atoms with Crippen LogP contribution in [0.25, 0.3) is 0 Å². The molecule has 3 N–H and O–H groups in total. The fourth-order valence-corrected chi connectivity index (χ4v) is 3.90. The second-order valence-electron chi connectivity index (χ2n) is 5.99. The molecule has 25 heavy (non-hydrogen) atoms. The van der Waals surface area contributed by atoms with Crippen molar-refractivity contribution in [3.63, 3.8) is 0 Å². The van der Waals surface area contributed by atoms with Gasteiger partial charge in [-0.25, -0.2) is 0 Å². The largest absolute Gasteiger partial charge is 0.508 e. The molecule has 1 aliphatic heterocycles. The number of rotatable bonds is 3. The van der Waals surface area contributed by atoms with Gasteiger partial charge in [-0.3, -0.25) is 0 Å². The van der Waals surface area contributed by atoms with Crippen LogP contribution in [0.5, 0.6) is 17.2 Å². The molecular weight excluding hydrogens is 366 g/mol. The van der Waals surface area contributed by atoms with Gasteiger partial charge in [0.15, 0.2) is 5.75 Å². The van der Waals surface area contributed by atoms with Crippen LogP contribution in [-0.2, 0) is 16.5 Å². The first kappa shape index (κ1) is 17.8. The Bertz CT molecular complexity index is 896. The lowest BCUT2D eigenvalue weighted by atomic mass is 9.87. The standard InChI is InChI=1S/C17H18ClNO5S/c1-25(22,23)24-17-15(21)8-13-12(16(17)18)6-7-19-9-14(13)10-2-4-11(20)5-3-10/h2-5,8,14,19-21H,6-7,9H2,1H3/t14-/m0/s1. The smallest absolute Gasteiger partial charge is 0.306 e. The summed E-state index contributed by atoms with van der Waals surface area (Å²) in [6.45, 7) is 1.28. The first-order valence-corrected chi connectivity index (χ1v) is 9.89. The van der Waals surface area contributed by atoms with Gasteiger partial charge in [-0.2, -0.15) is 8.42 Å². The van der Waals surface area contributed by atoms with Crippen molar-refractivity contribution in [3.8, 4) is 17.2 Å². The van der Waals surface area contributed by atoms with Crippen molar-refractivity contribution in [1.82, 2.24) is 5.32 Å². The highest BCUT2D eigenvalue weighted by atomic mass is 35.5. The Morgan fingerprint density at radius 3 is 2.56 bits per heavy atom. The number of hydrogen-bond acceptors (Lipinski definition) is 6. The molecule has 1 heterocycles. The predicted molar refractivity (Wildman–Crippen MR) is 95.1 cm³/mol. The molecule has 3 rings (SSSR count). The van der Waals surface area contributed by atoms with E-state index in [9.17, 15) is 18.6 Å². The number of nitrogens with one attached hydrogen (secondary N) is 1. The maximum absolute atomic E-state index is 11.4. The Morgan fingerprint density at radius 2 is 1.92 bits per heavy atom. The fraction of sp³-hybridized carbons (Fsp3) is 0.294. The summed E-state index contributed by atoms with van der Waals surface area (Å²) >= 11 is 6.37. The summed E-state index contributed by atoms with van der Waals surface area (Å²) in [5.41, 5.74) is 2.49. The molecule has 6 nitrogen and oxygen atoms in total. The summed E-state index contributed by atoms with van der Waals surface area (Å²) in [7, 11) is -3.82. The van der Waals surface area contributed by atoms with E-state index < -0.39 is 10.1 Å². The van der Waals surface area contributed by atoms with Crippen molar-refractivity contribution in [2.24, 2.45) is 0 Å². The summed E-state index contributed by atoms with van der Waals surface area (Å²) in [6.07, 6.45) is 1.47. The average molecular weight is 384 g/mol. The van der Waals surface area contributed by atoms with Crippen LogP contribution in [0.1, 0.15) is 22.6 Å². The van der Waals surface area contributed by atoms with E-state index in [-0.39, 0.29) is 28.2 Å². The van der Waals surface area contributed by atoms with Gasteiger partial charge in [-0.15, -0.1) is 0 Å². The summed E-state index contributed by atoms with van der Waals surface area (Å²) in [6, 6.07) is 8.32. The highest BCUT2D eigenvalue weighted by Crippen LogP contribution is 2.44. The number of fused-ring (bicyclic) bond motifs is 1. The molecule has 0 saturated heterocycles. The first-order valence-electron chi connectivity index (χ1n) is 7.69. The number of aromatic hydroxyl groups is 2. The Balaban J connectivity index is 2.13. The molecular formula is C17H18ClNO5S. The molecule has 0 fully saturated rings. The summed E-state index contributed by atoms with van der Waals surface area (Å²) < 4.78 is 27.7. The Morgan fingerprint density at radius 1 is 1.24 bits per heavy atom. The van der Waals surface area contributed by atoms with Crippen LogP contribution in [-0.4, -0.2) is 38.0 Å². The molecule has 0 spiro atoms. The van der Waals surface area contributed by atoms with Gasteiger partial charge < -0.3 is 19.7 Å². The quantitative estimate of drug-likeness (QED) is 0.704. The molecule has 0 aromatic heterocycles. The minimum atomic E-state index is -3.82. The van der Waals surface area contributed by atoms with Crippen LogP contribution in [0.15, 0.2) is 30.3 Å². The third-order valence-corrected chi connectivity index (χ3v) is 5.01. The summed E-state index contributed by atoms with van der Waals surface area (Å²) in [5, 5.41) is 23.2. The van der Waals surface area contributed by atoms with Crippen LogP contribution < -0.4 is 9.50 Å². The zero-order chi connectivity index (χ0) is 18.2. The number of benzene rings is 2. The molecule has 134 valence electrons. The molecule has 1 atom stereocenters. The molecule has 0 aliphatic carbocycles. The second kappa shape index (κ2) is 6.74. The van der Waals surface area contributed by atoms with Crippen LogP contribution in [0, 0.1) is 0 Å². The van der Waals surface area contributed by atoms with E-state index >= 15 is 0 Å². The molecule has 0 saturated carbocycles. The number of phenolic OH excluding ortho intramolecular Hbond substituents is 2. The predicted octanol–water partition coefficient (Wildman–Crippen LogP) is 2.37. The zero-order valence-electron chi connectivity index (χ0n) is 13.5. The van der Waals surface area contributed by atoms with E-state index in [2.05, 4.69) is 5.32 Å². The van der Waals surface area contributed by atoms with Gasteiger partial charge in [0, 0.05) is 12.5 Å². The van der Waals surface area contributed by atoms with Gasteiger partial charge in [-0.1, -0.05) is 23.7 Å². The Kier molecular flexibility index (Phi) is 4.81. The molecule has 8 heteroatoms. The van der Waals surface area contributed by atoms with Crippen LogP contribution >= 0.6 is 11.6 Å². The van der Waals surface area contributed by atoms with Gasteiger partial charge in [0.2, 0.25) is 5.75 Å². The number of halogens is 1. The third-order valence-electron chi connectivity index (χ3n) is 4.14. The van der Waals surface area contributed by atoms with Crippen molar-refractivity contribution in [3.05, 3.63) is 52.0 Å². The molecule has 0 unspecified atom stereocenters. The lowest BCUT2D eigenvalue weighted by molar-refractivity contribution is 0.429. The molecule has 2 aromatic carbocycles. The lowest BCUT2D eigenvalue weighted by Gasteiger charge is -2.21. The van der Waals surface area contributed by atoms with Crippen molar-refractivity contribution >= 4 is 21.7 Å². The number of phenols is 2. The van der Waals surface area contributed by atoms with Gasteiger partial charge >= 0.3 is 10.1 Å². The molecule has 0 radical (unpaired) electrons. The Hall–Kier alpha value is -1.96. The van der Waals surface area contributed by atoms with Crippen molar-refractivity contribution in [2.45, 2.75) is 12.3 Å². The normalized spacial score (nSPS) is 17.6. The van der Waals surface area contributed by atoms with Crippen molar-refractivity contribution in [2.75, 3.05) is 19.3 Å². The van der Waals surface area contributed by atoms with Gasteiger partial charge in [0.1, 0.15) is 5.75 Å². The van der Waals surface area contributed by atoms with E-state index in [0.29, 0.717) is 19.5 Å². The zero-order valence-corrected chi connectivity index (χ0v) is 15.1. The lowest BCUT2D eigenvalue weighted by Crippen LogP contribution is -2.20. The van der Waals surface area contributed by atoms with Gasteiger partial charge in [0.05, 0.1) is 11.3 Å². The van der Waals surface area contributed by atoms with Gasteiger partial charge in [-0.05, 0) is 47.9 Å². The van der Waals surface area contributed by atoms with Crippen molar-refractivity contribution < 1.29 is 22.8 Å². The van der Waals surface area contributed by atoms with E-state index in [4.69, 9.17) is 15.8 Å². The maximum Gasteiger partial charge on any atom is 0.306 e. The topological polar surface area (TPSA) is 95.9 Å². The second-order valence-corrected chi connectivity index (χ2v) is 7.95. The SMILES string of the molecule is CS(=O)(=O)Oc1c(O)cc2c(c1Cl)CCNC[C@H]2c1ccc(O)cc1. The van der Waals surface area contributed by atoms with E-state index in [0.717, 1.165) is 22.9 Å². The van der Waals surface area contributed by atoms with Crippen molar-refractivity contribution in [1.29, 1.82) is 0 Å². The van der Waals surface area contributed by atoms with Crippen LogP contribution in [0.3, 0.4) is 0 Å². The fourth-order valence-electron chi connectivity index (χ4n) is 3.05. The minimum Gasteiger partial charge on any atom is -0.508 e. The first-order chi connectivity index (χ1) is 11.8. The minimum absolute atomic E-state index is 0.103. The third kappa shape index (κ3) is 3.84. The summed E-state index contributed by atoms with van der Waals surface area (Å²) in [5.74, 6) is -0.494. The molecule has 1 aliphatic rings. The highest BCUT2D eigenvalue weighted by Gasteiger charge is 2.27.